The van der Waals surface area contributed by atoms with Gasteiger partial charge >= 0.3 is 0 Å². The SMILES string of the molecule is Cc1cc(C)nc(C2(C)CCCN2C(=O)c2cscn2)n1. The van der Waals surface area contributed by atoms with E-state index in [-0.39, 0.29) is 5.91 Å². The summed E-state index contributed by atoms with van der Waals surface area (Å²) in [4.78, 5) is 27.9. The molecule has 6 heteroatoms. The summed E-state index contributed by atoms with van der Waals surface area (Å²) in [5.74, 6) is 0.708. The molecule has 0 aromatic carbocycles. The van der Waals surface area contributed by atoms with Crippen molar-refractivity contribution in [2.75, 3.05) is 6.54 Å². The first-order valence-electron chi connectivity index (χ1n) is 7.03. The lowest BCUT2D eigenvalue weighted by Crippen LogP contribution is -2.44. The molecule has 0 spiro atoms. The second kappa shape index (κ2) is 5.18. The predicted molar refractivity (Wildman–Crippen MR) is 81.2 cm³/mol. The molecule has 1 amide bonds. The van der Waals surface area contributed by atoms with Crippen LogP contribution in [0.3, 0.4) is 0 Å². The van der Waals surface area contributed by atoms with Crippen molar-refractivity contribution < 1.29 is 4.79 Å². The molecule has 0 saturated carbocycles. The normalized spacial score (nSPS) is 21.8. The lowest BCUT2D eigenvalue weighted by Gasteiger charge is -2.33. The Labute approximate surface area is 128 Å². The molecule has 3 heterocycles. The van der Waals surface area contributed by atoms with Crippen LogP contribution in [-0.4, -0.2) is 32.3 Å². The highest BCUT2D eigenvalue weighted by Gasteiger charge is 2.44. The summed E-state index contributed by atoms with van der Waals surface area (Å²) in [7, 11) is 0. The maximum absolute atomic E-state index is 12.7. The summed E-state index contributed by atoms with van der Waals surface area (Å²) in [6.45, 7) is 6.70. The molecule has 0 radical (unpaired) electrons. The van der Waals surface area contributed by atoms with E-state index in [0.717, 1.165) is 36.6 Å². The number of carbonyl (C=O) groups excluding carboxylic acids is 1. The molecule has 1 saturated heterocycles. The van der Waals surface area contributed by atoms with Crippen LogP contribution >= 0.6 is 11.3 Å². The minimum atomic E-state index is -0.447. The minimum absolute atomic E-state index is 0.0287. The number of hydrogen-bond acceptors (Lipinski definition) is 5. The van der Waals surface area contributed by atoms with Crippen molar-refractivity contribution in [2.45, 2.75) is 39.2 Å². The van der Waals surface area contributed by atoms with E-state index in [9.17, 15) is 4.79 Å². The number of rotatable bonds is 2. The number of nitrogens with zero attached hydrogens (tertiary/aromatic N) is 4. The van der Waals surface area contributed by atoms with Crippen LogP contribution in [0.4, 0.5) is 0 Å². The third-order valence-corrected chi connectivity index (χ3v) is 4.59. The van der Waals surface area contributed by atoms with Gasteiger partial charge in [-0.15, -0.1) is 11.3 Å². The Bertz CT molecular complexity index is 650. The number of carbonyl (C=O) groups is 1. The fraction of sp³-hybridized carbons (Fsp3) is 0.467. The Morgan fingerprint density at radius 1 is 1.33 bits per heavy atom. The fourth-order valence-corrected chi connectivity index (χ4v) is 3.47. The van der Waals surface area contributed by atoms with Gasteiger partial charge in [-0.25, -0.2) is 15.0 Å². The van der Waals surface area contributed by atoms with Crippen molar-refractivity contribution >= 4 is 17.2 Å². The molecule has 0 N–H and O–H groups in total. The number of aryl methyl sites for hydroxylation is 2. The smallest absolute Gasteiger partial charge is 0.274 e. The molecule has 1 aliphatic heterocycles. The van der Waals surface area contributed by atoms with E-state index < -0.39 is 5.54 Å². The molecular formula is C15H18N4OS. The van der Waals surface area contributed by atoms with Gasteiger partial charge in [0.05, 0.1) is 5.51 Å². The second-order valence-corrected chi connectivity index (χ2v) is 6.40. The monoisotopic (exact) mass is 302 g/mol. The molecule has 110 valence electrons. The molecule has 21 heavy (non-hydrogen) atoms. The van der Waals surface area contributed by atoms with Gasteiger partial charge in [0.15, 0.2) is 5.82 Å². The number of amides is 1. The van der Waals surface area contributed by atoms with Crippen molar-refractivity contribution in [3.05, 3.63) is 39.9 Å². The van der Waals surface area contributed by atoms with Gasteiger partial charge in [-0.2, -0.15) is 0 Å². The quantitative estimate of drug-likeness (QED) is 0.856. The Balaban J connectivity index is 2.00. The van der Waals surface area contributed by atoms with Gasteiger partial charge in [-0.1, -0.05) is 0 Å². The van der Waals surface area contributed by atoms with Crippen LogP contribution in [0.2, 0.25) is 0 Å². The lowest BCUT2D eigenvalue weighted by molar-refractivity contribution is 0.0598. The van der Waals surface area contributed by atoms with Gasteiger partial charge in [0.1, 0.15) is 11.2 Å². The van der Waals surface area contributed by atoms with Crippen LogP contribution < -0.4 is 0 Å². The van der Waals surface area contributed by atoms with Crippen molar-refractivity contribution in [3.8, 4) is 0 Å². The third kappa shape index (κ3) is 2.44. The highest BCUT2D eigenvalue weighted by molar-refractivity contribution is 7.07. The molecule has 2 aromatic heterocycles. The van der Waals surface area contributed by atoms with E-state index in [1.165, 1.54) is 11.3 Å². The van der Waals surface area contributed by atoms with Crippen LogP contribution in [-0.2, 0) is 5.54 Å². The first kappa shape index (κ1) is 14.1. The maximum Gasteiger partial charge on any atom is 0.274 e. The molecule has 2 aromatic rings. The highest BCUT2D eigenvalue weighted by atomic mass is 32.1. The number of aromatic nitrogens is 3. The summed E-state index contributed by atoms with van der Waals surface area (Å²) < 4.78 is 0. The van der Waals surface area contributed by atoms with E-state index in [1.807, 2.05) is 24.8 Å². The highest BCUT2D eigenvalue weighted by Crippen LogP contribution is 2.37. The molecule has 5 nitrogen and oxygen atoms in total. The first-order valence-corrected chi connectivity index (χ1v) is 7.98. The van der Waals surface area contributed by atoms with Crippen LogP contribution in [0.25, 0.3) is 0 Å². The fourth-order valence-electron chi connectivity index (χ4n) is 2.94. The Hall–Kier alpha value is -1.82. The second-order valence-electron chi connectivity index (χ2n) is 5.68. The first-order chi connectivity index (χ1) is 10.0. The maximum atomic E-state index is 12.7. The zero-order valence-electron chi connectivity index (χ0n) is 12.5. The lowest BCUT2D eigenvalue weighted by atomic mass is 9.97. The molecule has 1 unspecified atom stereocenters. The Morgan fingerprint density at radius 2 is 2.05 bits per heavy atom. The standard InChI is InChI=1S/C15H18N4OS/c1-10-7-11(2)18-14(17-10)15(3)5-4-6-19(15)13(20)12-8-21-9-16-12/h7-9H,4-6H2,1-3H3. The molecule has 0 bridgehead atoms. The topological polar surface area (TPSA) is 59.0 Å². The molecule has 3 rings (SSSR count). The van der Waals surface area contributed by atoms with Gasteiger partial charge in [0, 0.05) is 23.3 Å². The van der Waals surface area contributed by atoms with Gasteiger partial charge < -0.3 is 4.90 Å². The average molecular weight is 302 g/mol. The van der Waals surface area contributed by atoms with E-state index in [4.69, 9.17) is 0 Å². The summed E-state index contributed by atoms with van der Waals surface area (Å²) in [5.41, 5.74) is 3.63. The summed E-state index contributed by atoms with van der Waals surface area (Å²) >= 11 is 1.44. The van der Waals surface area contributed by atoms with E-state index in [1.54, 1.807) is 10.9 Å². The average Bonchev–Trinajstić information content (AvgIpc) is 3.06. The molecular weight excluding hydrogens is 284 g/mol. The van der Waals surface area contributed by atoms with E-state index >= 15 is 0 Å². The van der Waals surface area contributed by atoms with Gasteiger partial charge in [-0.3, -0.25) is 4.79 Å². The molecule has 1 atom stereocenters. The van der Waals surface area contributed by atoms with Crippen molar-refractivity contribution in [3.63, 3.8) is 0 Å². The zero-order chi connectivity index (χ0) is 15.0. The number of thiazole rings is 1. The Kier molecular flexibility index (Phi) is 3.49. The summed E-state index contributed by atoms with van der Waals surface area (Å²) in [6.07, 6.45) is 1.84. The van der Waals surface area contributed by atoms with E-state index in [0.29, 0.717) is 5.69 Å². The van der Waals surface area contributed by atoms with E-state index in [2.05, 4.69) is 21.9 Å². The summed E-state index contributed by atoms with van der Waals surface area (Å²) in [6, 6.07) is 1.95. The largest absolute Gasteiger partial charge is 0.325 e. The minimum Gasteiger partial charge on any atom is -0.325 e. The number of likely N-dealkylation sites (tertiary alicyclic amines) is 1. The van der Waals surface area contributed by atoms with Gasteiger partial charge in [0.2, 0.25) is 0 Å². The van der Waals surface area contributed by atoms with Gasteiger partial charge in [0.25, 0.3) is 5.91 Å². The van der Waals surface area contributed by atoms with Crippen LogP contribution in [0.1, 0.15) is 47.5 Å². The predicted octanol–water partition coefficient (Wildman–Crippen LogP) is 2.70. The van der Waals surface area contributed by atoms with Crippen molar-refractivity contribution in [2.24, 2.45) is 0 Å². The third-order valence-electron chi connectivity index (χ3n) is 4.00. The number of hydrogen-bond donors (Lipinski definition) is 0. The molecule has 1 aliphatic rings. The summed E-state index contributed by atoms with van der Waals surface area (Å²) in [5, 5.41) is 1.80. The van der Waals surface area contributed by atoms with Crippen molar-refractivity contribution in [1.29, 1.82) is 0 Å². The van der Waals surface area contributed by atoms with Crippen LogP contribution in [0.15, 0.2) is 17.0 Å². The zero-order valence-corrected chi connectivity index (χ0v) is 13.3. The van der Waals surface area contributed by atoms with Crippen LogP contribution in [0.5, 0.6) is 0 Å². The molecule has 1 fully saturated rings. The van der Waals surface area contributed by atoms with Crippen LogP contribution in [0, 0.1) is 13.8 Å². The Morgan fingerprint density at radius 3 is 2.67 bits per heavy atom. The van der Waals surface area contributed by atoms with Crippen molar-refractivity contribution in [1.82, 2.24) is 19.9 Å². The molecule has 0 aliphatic carbocycles. The van der Waals surface area contributed by atoms with Gasteiger partial charge in [-0.05, 0) is 39.7 Å².